The van der Waals surface area contributed by atoms with Crippen LogP contribution < -0.4 is 0 Å². The minimum Gasteiger partial charge on any atom is -0.377 e. The van der Waals surface area contributed by atoms with Crippen LogP contribution in [0.3, 0.4) is 0 Å². The van der Waals surface area contributed by atoms with Crippen molar-refractivity contribution in [3.05, 3.63) is 89.8 Å². The third-order valence-electron chi connectivity index (χ3n) is 5.83. The molecule has 2 aromatic heterocycles. The van der Waals surface area contributed by atoms with Crippen LogP contribution in [-0.4, -0.2) is 61.6 Å². The van der Waals surface area contributed by atoms with Gasteiger partial charge < -0.3 is 9.64 Å². The highest BCUT2D eigenvalue weighted by Crippen LogP contribution is 2.24. The number of aromatic nitrogens is 5. The van der Waals surface area contributed by atoms with Crippen molar-refractivity contribution >= 4 is 5.91 Å². The molecule has 0 saturated carbocycles. The van der Waals surface area contributed by atoms with Gasteiger partial charge in [-0.25, -0.2) is 14.4 Å². The lowest BCUT2D eigenvalue weighted by atomic mass is 9.99. The summed E-state index contributed by atoms with van der Waals surface area (Å²) in [6.07, 6.45) is 6.73. The molecule has 1 fully saturated rings. The van der Waals surface area contributed by atoms with Crippen molar-refractivity contribution in [2.75, 3.05) is 19.8 Å². The number of halogens is 1. The number of hydrogen-bond donors (Lipinski definition) is 0. The van der Waals surface area contributed by atoms with Gasteiger partial charge in [0.15, 0.2) is 5.82 Å². The molecule has 1 unspecified atom stereocenters. The summed E-state index contributed by atoms with van der Waals surface area (Å²) in [5.74, 6) is 0.0228. The van der Waals surface area contributed by atoms with E-state index in [1.54, 1.807) is 47.9 Å². The zero-order chi connectivity index (χ0) is 23.5. The fourth-order valence-electron chi connectivity index (χ4n) is 4.15. The van der Waals surface area contributed by atoms with E-state index in [0.29, 0.717) is 48.8 Å². The third-order valence-corrected chi connectivity index (χ3v) is 5.83. The monoisotopic (exact) mass is 458 g/mol. The quantitative estimate of drug-likeness (QED) is 0.456. The van der Waals surface area contributed by atoms with Gasteiger partial charge in [0.1, 0.15) is 5.82 Å². The van der Waals surface area contributed by atoms with E-state index in [9.17, 15) is 9.18 Å². The number of benzene rings is 2. The zero-order valence-corrected chi connectivity index (χ0v) is 18.6. The highest BCUT2D eigenvalue weighted by Gasteiger charge is 2.31. The van der Waals surface area contributed by atoms with E-state index in [1.165, 1.54) is 10.9 Å². The average molecular weight is 458 g/mol. The van der Waals surface area contributed by atoms with Gasteiger partial charge in [-0.1, -0.05) is 11.6 Å². The molecule has 0 spiro atoms. The molecule has 34 heavy (non-hydrogen) atoms. The van der Waals surface area contributed by atoms with Crippen molar-refractivity contribution in [3.8, 4) is 17.1 Å². The van der Waals surface area contributed by atoms with E-state index in [-0.39, 0.29) is 17.8 Å². The summed E-state index contributed by atoms with van der Waals surface area (Å²) in [7, 11) is 0. The van der Waals surface area contributed by atoms with Crippen LogP contribution in [0.2, 0.25) is 0 Å². The number of ether oxygens (including phenoxy) is 1. The van der Waals surface area contributed by atoms with Gasteiger partial charge in [-0.2, -0.15) is 15.0 Å². The largest absolute Gasteiger partial charge is 0.377 e. The normalized spacial score (nSPS) is 15.9. The Morgan fingerprint density at radius 3 is 2.68 bits per heavy atom. The molecule has 5 rings (SSSR count). The molecule has 3 heterocycles. The Kier molecular flexibility index (Phi) is 6.09. The lowest BCUT2D eigenvalue weighted by Gasteiger charge is -2.36. The summed E-state index contributed by atoms with van der Waals surface area (Å²) in [4.78, 5) is 25.4. The second kappa shape index (κ2) is 9.48. The molecule has 0 aliphatic carbocycles. The van der Waals surface area contributed by atoms with Gasteiger partial charge in [-0.05, 0) is 55.3 Å². The number of morpholine rings is 1. The highest BCUT2D eigenvalue weighted by atomic mass is 19.1. The van der Waals surface area contributed by atoms with Gasteiger partial charge in [0, 0.05) is 24.5 Å². The van der Waals surface area contributed by atoms with E-state index < -0.39 is 0 Å². The number of carbonyl (C=O) groups excluding carboxylic acids is 1. The Balaban J connectivity index is 1.45. The van der Waals surface area contributed by atoms with E-state index in [0.717, 1.165) is 11.1 Å². The molecule has 1 atom stereocenters. The number of hydrogen-bond acceptors (Lipinski definition) is 6. The van der Waals surface area contributed by atoms with Gasteiger partial charge in [0.2, 0.25) is 0 Å². The number of nitrogens with zero attached hydrogens (tertiary/aromatic N) is 6. The van der Waals surface area contributed by atoms with E-state index in [2.05, 4.69) is 20.2 Å². The molecule has 8 nitrogen and oxygen atoms in total. The van der Waals surface area contributed by atoms with Crippen LogP contribution in [0, 0.1) is 12.7 Å². The molecule has 0 radical (unpaired) electrons. The van der Waals surface area contributed by atoms with Crippen LogP contribution in [0.5, 0.6) is 0 Å². The summed E-state index contributed by atoms with van der Waals surface area (Å²) in [5.41, 5.74) is 3.25. The van der Waals surface area contributed by atoms with E-state index >= 15 is 0 Å². The van der Waals surface area contributed by atoms with E-state index in [1.807, 2.05) is 25.1 Å². The van der Waals surface area contributed by atoms with Gasteiger partial charge in [-0.3, -0.25) is 4.79 Å². The van der Waals surface area contributed by atoms with Crippen molar-refractivity contribution in [1.82, 2.24) is 29.9 Å². The average Bonchev–Trinajstić information content (AvgIpc) is 3.41. The first-order valence-corrected chi connectivity index (χ1v) is 11.0. The predicted molar refractivity (Wildman–Crippen MR) is 123 cm³/mol. The molecule has 1 aliphatic rings. The zero-order valence-electron chi connectivity index (χ0n) is 18.6. The molecular formula is C25H23FN6O2. The standard InChI is InChI=1S/C25H23FN6O2/c1-17-3-6-23(32-29-9-10-30-32)21(13-17)25(33)31-11-12-34-16-20(31)15-19-14-18(4-5-22(19)26)24-27-7-2-8-28-24/h2-10,13-14,20H,11-12,15-16H2,1H3. The molecule has 0 N–H and O–H groups in total. The maximum absolute atomic E-state index is 14.8. The second-order valence-corrected chi connectivity index (χ2v) is 8.15. The summed E-state index contributed by atoms with van der Waals surface area (Å²) in [5, 5.41) is 8.38. The fourth-order valence-corrected chi connectivity index (χ4v) is 4.15. The Labute approximate surface area is 196 Å². The molecule has 172 valence electrons. The van der Waals surface area contributed by atoms with Crippen molar-refractivity contribution in [2.24, 2.45) is 0 Å². The van der Waals surface area contributed by atoms with Crippen LogP contribution in [0.25, 0.3) is 17.1 Å². The molecule has 9 heteroatoms. The van der Waals surface area contributed by atoms with Crippen LogP contribution in [0.4, 0.5) is 4.39 Å². The maximum Gasteiger partial charge on any atom is 0.256 e. The number of amides is 1. The van der Waals surface area contributed by atoms with E-state index in [4.69, 9.17) is 4.74 Å². The first-order valence-electron chi connectivity index (χ1n) is 11.0. The molecule has 2 aromatic carbocycles. The molecule has 1 saturated heterocycles. The number of carbonyl (C=O) groups is 1. The Morgan fingerprint density at radius 1 is 1.09 bits per heavy atom. The van der Waals surface area contributed by atoms with Gasteiger partial charge in [0.25, 0.3) is 5.91 Å². The topological polar surface area (TPSA) is 86.0 Å². The van der Waals surface area contributed by atoms with Crippen molar-refractivity contribution < 1.29 is 13.9 Å². The minimum atomic E-state index is -0.338. The Hall–Kier alpha value is -3.98. The minimum absolute atomic E-state index is 0.160. The number of aryl methyl sites for hydroxylation is 1. The third kappa shape index (κ3) is 4.42. The maximum atomic E-state index is 14.8. The fraction of sp³-hybridized carbons (Fsp3) is 0.240. The van der Waals surface area contributed by atoms with Gasteiger partial charge in [0.05, 0.1) is 42.9 Å². The summed E-state index contributed by atoms with van der Waals surface area (Å²) in [6.45, 7) is 3.08. The summed E-state index contributed by atoms with van der Waals surface area (Å²) < 4.78 is 20.5. The van der Waals surface area contributed by atoms with Crippen LogP contribution in [-0.2, 0) is 11.2 Å². The lowest BCUT2D eigenvalue weighted by Crippen LogP contribution is -2.50. The Morgan fingerprint density at radius 2 is 1.88 bits per heavy atom. The second-order valence-electron chi connectivity index (χ2n) is 8.15. The molecule has 1 aliphatic heterocycles. The number of rotatable bonds is 5. The van der Waals surface area contributed by atoms with Crippen molar-refractivity contribution in [3.63, 3.8) is 0 Å². The van der Waals surface area contributed by atoms with Gasteiger partial charge >= 0.3 is 0 Å². The van der Waals surface area contributed by atoms with Crippen molar-refractivity contribution in [1.29, 1.82) is 0 Å². The molecule has 1 amide bonds. The molecule has 0 bridgehead atoms. The smallest absolute Gasteiger partial charge is 0.256 e. The van der Waals surface area contributed by atoms with Crippen LogP contribution in [0.15, 0.2) is 67.3 Å². The predicted octanol–water partition coefficient (Wildman–Crippen LogP) is 3.26. The molecule has 4 aromatic rings. The van der Waals surface area contributed by atoms with Crippen LogP contribution in [0.1, 0.15) is 21.5 Å². The Bertz CT molecular complexity index is 1300. The SMILES string of the molecule is Cc1ccc(-n2nccn2)c(C(=O)N2CCOCC2Cc2cc(-c3ncccn3)ccc2F)c1. The summed E-state index contributed by atoms with van der Waals surface area (Å²) >= 11 is 0. The van der Waals surface area contributed by atoms with Crippen LogP contribution >= 0.6 is 0 Å². The highest BCUT2D eigenvalue weighted by molar-refractivity contribution is 5.98. The molecular weight excluding hydrogens is 435 g/mol. The lowest BCUT2D eigenvalue weighted by molar-refractivity contribution is -0.00185. The first kappa shape index (κ1) is 21.8. The first-order chi connectivity index (χ1) is 16.6. The summed E-state index contributed by atoms with van der Waals surface area (Å²) in [6, 6.07) is 11.8. The van der Waals surface area contributed by atoms with Crippen molar-refractivity contribution in [2.45, 2.75) is 19.4 Å². The van der Waals surface area contributed by atoms with Gasteiger partial charge in [-0.15, -0.1) is 0 Å².